The van der Waals surface area contributed by atoms with Crippen LogP contribution in [0.4, 0.5) is 13.2 Å². The monoisotopic (exact) mass is 290 g/mol. The fourth-order valence-electron chi connectivity index (χ4n) is 0.891. The van der Waals surface area contributed by atoms with Crippen LogP contribution in [0.3, 0.4) is 0 Å². The summed E-state index contributed by atoms with van der Waals surface area (Å²) in [5.74, 6) is 0. The highest BCUT2D eigenvalue weighted by Crippen LogP contribution is 2.25. The molecule has 2 nitrogen and oxygen atoms in total. The van der Waals surface area contributed by atoms with Gasteiger partial charge in [-0.15, -0.1) is 13.2 Å². The molecule has 0 fully saturated rings. The predicted molar refractivity (Wildman–Crippen MR) is 45.6 cm³/mol. The Morgan fingerprint density at radius 1 is 1.58 bits per heavy atom. The van der Waals surface area contributed by atoms with Gasteiger partial charge in [-0.05, 0) is 29.0 Å². The van der Waals surface area contributed by atoms with Gasteiger partial charge in [0.25, 0.3) is 0 Å². The van der Waals surface area contributed by atoms with Crippen molar-refractivity contribution in [3.05, 3.63) is 15.5 Å². The van der Waals surface area contributed by atoms with E-state index in [1.807, 2.05) is 22.6 Å². The number of aromatic nitrogens is 2. The van der Waals surface area contributed by atoms with E-state index >= 15 is 0 Å². The molecule has 12 heavy (non-hydrogen) atoms. The van der Waals surface area contributed by atoms with Crippen LogP contribution in [0, 0.1) is 3.57 Å². The lowest BCUT2D eigenvalue weighted by atomic mass is 10.3. The Morgan fingerprint density at radius 2 is 2.17 bits per heavy atom. The molecular weight excluding hydrogens is 284 g/mol. The van der Waals surface area contributed by atoms with E-state index in [9.17, 15) is 13.2 Å². The Balaban J connectivity index is 3.16. The molecule has 1 aromatic rings. The quantitative estimate of drug-likeness (QED) is 0.727. The Bertz CT molecular complexity index is 279. The zero-order valence-corrected chi connectivity index (χ0v) is 8.35. The van der Waals surface area contributed by atoms with Gasteiger partial charge in [0.2, 0.25) is 0 Å². The Kier molecular flexibility index (Phi) is 2.64. The van der Waals surface area contributed by atoms with Gasteiger partial charge in [0.15, 0.2) is 0 Å². The molecule has 1 heterocycles. The molecule has 0 radical (unpaired) electrons. The van der Waals surface area contributed by atoms with Crippen molar-refractivity contribution in [3.63, 3.8) is 0 Å². The summed E-state index contributed by atoms with van der Waals surface area (Å²) in [4.78, 5) is 0. The molecule has 0 amide bonds. The maximum Gasteiger partial charge on any atom is 0.504 e. The van der Waals surface area contributed by atoms with Crippen LogP contribution in [0.5, 0.6) is 0 Å². The van der Waals surface area contributed by atoms with Crippen molar-refractivity contribution < 1.29 is 13.2 Å². The van der Waals surface area contributed by atoms with Gasteiger partial charge in [0.1, 0.15) is 0 Å². The number of nitrogens with zero attached hydrogens (tertiary/aromatic N) is 2. The first-order chi connectivity index (χ1) is 5.46. The van der Waals surface area contributed by atoms with Crippen LogP contribution in [-0.2, 0) is 12.7 Å². The Morgan fingerprint density at radius 3 is 2.50 bits per heavy atom. The largest absolute Gasteiger partial charge is 0.504 e. The van der Waals surface area contributed by atoms with Gasteiger partial charge in [-0.1, -0.05) is 6.92 Å². The summed E-state index contributed by atoms with van der Waals surface area (Å²) in [6, 6.07) is 0. The first-order valence-electron chi connectivity index (χ1n) is 3.26. The van der Waals surface area contributed by atoms with Crippen molar-refractivity contribution in [2.24, 2.45) is 0 Å². The van der Waals surface area contributed by atoms with Crippen molar-refractivity contribution in [3.8, 4) is 0 Å². The molecule has 68 valence electrons. The third-order valence-corrected chi connectivity index (χ3v) is 2.29. The molecule has 0 aliphatic rings. The molecule has 0 N–H and O–H groups in total. The molecule has 0 aromatic carbocycles. The first-order valence-corrected chi connectivity index (χ1v) is 4.34. The summed E-state index contributed by atoms with van der Waals surface area (Å²) in [6.07, 6.45) is -2.85. The molecule has 0 aliphatic heterocycles. The normalized spacial score (nSPS) is 12.1. The van der Waals surface area contributed by atoms with Crippen LogP contribution < -0.4 is 0 Å². The summed E-state index contributed by atoms with van der Waals surface area (Å²) in [6.45, 7) is 1.67. The Labute approximate surface area is 80.9 Å². The highest BCUT2D eigenvalue weighted by molar-refractivity contribution is 14.1. The zero-order chi connectivity index (χ0) is 9.35. The fraction of sp³-hybridized carbons (Fsp3) is 0.500. The molecule has 1 aromatic heterocycles. The molecule has 1 rings (SSSR count). The van der Waals surface area contributed by atoms with Crippen molar-refractivity contribution in [2.75, 3.05) is 0 Å². The van der Waals surface area contributed by atoms with E-state index in [-0.39, 0.29) is 10.4 Å². The van der Waals surface area contributed by atoms with Crippen LogP contribution in [0.1, 0.15) is 12.6 Å². The van der Waals surface area contributed by atoms with E-state index in [0.29, 0.717) is 9.99 Å². The second kappa shape index (κ2) is 3.23. The third-order valence-electron chi connectivity index (χ3n) is 1.39. The van der Waals surface area contributed by atoms with E-state index in [2.05, 4.69) is 5.10 Å². The number of rotatable bonds is 1. The topological polar surface area (TPSA) is 17.8 Å². The van der Waals surface area contributed by atoms with Crippen molar-refractivity contribution in [1.82, 2.24) is 9.78 Å². The van der Waals surface area contributed by atoms with Gasteiger partial charge < -0.3 is 0 Å². The minimum absolute atomic E-state index is 0.106. The van der Waals surface area contributed by atoms with Gasteiger partial charge in [0, 0.05) is 0 Å². The van der Waals surface area contributed by atoms with E-state index in [1.165, 1.54) is 6.20 Å². The average Bonchev–Trinajstić information content (AvgIpc) is 2.29. The maximum atomic E-state index is 12.1. The summed E-state index contributed by atoms with van der Waals surface area (Å²) >= 11 is 1.84. The minimum atomic E-state index is -4.39. The lowest BCUT2D eigenvalue weighted by molar-refractivity contribution is -0.213. The lowest BCUT2D eigenvalue weighted by Crippen LogP contribution is -2.20. The van der Waals surface area contributed by atoms with Crippen molar-refractivity contribution in [2.45, 2.75) is 19.6 Å². The second-order valence-corrected chi connectivity index (χ2v) is 3.33. The SMILES string of the molecule is CCc1c(I)cnn1C(F)(F)F. The second-order valence-electron chi connectivity index (χ2n) is 2.17. The summed E-state index contributed by atoms with van der Waals surface area (Å²) in [5.41, 5.74) is 0.211. The average molecular weight is 290 g/mol. The molecule has 6 heteroatoms. The van der Waals surface area contributed by atoms with Crippen LogP contribution in [0.15, 0.2) is 6.20 Å². The standard InChI is InChI=1S/C6H6F3IN2/c1-2-5-4(10)3-11-12(5)6(7,8)9/h3H,2H2,1H3. The molecule has 0 spiro atoms. The van der Waals surface area contributed by atoms with E-state index in [1.54, 1.807) is 6.92 Å². The zero-order valence-electron chi connectivity index (χ0n) is 6.19. The van der Waals surface area contributed by atoms with Gasteiger partial charge >= 0.3 is 6.30 Å². The molecule has 0 bridgehead atoms. The fourth-order valence-corrected chi connectivity index (χ4v) is 1.63. The number of hydrogen-bond donors (Lipinski definition) is 0. The molecular formula is C6H6F3IN2. The van der Waals surface area contributed by atoms with Crippen LogP contribution in [-0.4, -0.2) is 9.78 Å². The smallest absolute Gasteiger partial charge is 0.175 e. The maximum absolute atomic E-state index is 12.1. The highest BCUT2D eigenvalue weighted by Gasteiger charge is 2.34. The van der Waals surface area contributed by atoms with Gasteiger partial charge in [-0.3, -0.25) is 0 Å². The van der Waals surface area contributed by atoms with Gasteiger partial charge in [-0.25, -0.2) is 0 Å². The van der Waals surface area contributed by atoms with E-state index in [0.717, 1.165) is 0 Å². The van der Waals surface area contributed by atoms with Crippen LogP contribution in [0.2, 0.25) is 0 Å². The van der Waals surface area contributed by atoms with Crippen molar-refractivity contribution >= 4 is 22.6 Å². The van der Waals surface area contributed by atoms with Crippen molar-refractivity contribution in [1.29, 1.82) is 0 Å². The number of halogens is 4. The number of hydrogen-bond acceptors (Lipinski definition) is 1. The third kappa shape index (κ3) is 1.73. The predicted octanol–water partition coefficient (Wildman–Crippen LogP) is 2.53. The summed E-state index contributed by atoms with van der Waals surface area (Å²) in [7, 11) is 0. The Hall–Kier alpha value is -0.270. The van der Waals surface area contributed by atoms with Gasteiger partial charge in [-0.2, -0.15) is 9.78 Å². The highest BCUT2D eigenvalue weighted by atomic mass is 127. The molecule has 0 unspecified atom stereocenters. The van der Waals surface area contributed by atoms with E-state index in [4.69, 9.17) is 0 Å². The molecule has 0 aliphatic carbocycles. The molecule has 0 saturated carbocycles. The summed E-state index contributed by atoms with van der Waals surface area (Å²) < 4.78 is 37.1. The van der Waals surface area contributed by atoms with Crippen LogP contribution in [0.25, 0.3) is 0 Å². The van der Waals surface area contributed by atoms with E-state index < -0.39 is 6.30 Å². The molecule has 0 atom stereocenters. The number of alkyl halides is 3. The molecule has 0 saturated heterocycles. The first kappa shape index (κ1) is 9.82. The lowest BCUT2D eigenvalue weighted by Gasteiger charge is -2.08. The minimum Gasteiger partial charge on any atom is -0.175 e. The van der Waals surface area contributed by atoms with Crippen LogP contribution >= 0.6 is 22.6 Å². The van der Waals surface area contributed by atoms with Gasteiger partial charge in [0.05, 0.1) is 15.5 Å². The summed E-state index contributed by atoms with van der Waals surface area (Å²) in [5, 5.41) is 3.24.